The molecule has 1 saturated heterocycles. The van der Waals surface area contributed by atoms with Crippen LogP contribution in [0.25, 0.3) is 6.08 Å². The van der Waals surface area contributed by atoms with Gasteiger partial charge in [-0.3, -0.25) is 4.79 Å². The normalized spacial score (nSPS) is 19.5. The maximum atomic E-state index is 12.0. The molecule has 1 unspecified atom stereocenters. The summed E-state index contributed by atoms with van der Waals surface area (Å²) in [6.07, 6.45) is 7.20. The molecule has 1 fully saturated rings. The van der Waals surface area contributed by atoms with E-state index in [9.17, 15) is 4.79 Å². The quantitative estimate of drug-likeness (QED) is 0.841. The largest absolute Gasteiger partial charge is 0.341 e. The van der Waals surface area contributed by atoms with Crippen LogP contribution in [0.1, 0.15) is 24.8 Å². The maximum Gasteiger partial charge on any atom is 0.246 e. The number of hydrogen-bond acceptors (Lipinski definition) is 2. The molecule has 102 valence electrons. The average Bonchev–Trinajstić information content (AvgIpc) is 2.47. The highest BCUT2D eigenvalue weighted by Gasteiger charge is 2.16. The van der Waals surface area contributed by atoms with Crippen molar-refractivity contribution < 1.29 is 4.79 Å². The smallest absolute Gasteiger partial charge is 0.246 e. The number of piperidine rings is 1. The summed E-state index contributed by atoms with van der Waals surface area (Å²) in [5.74, 6) is 0.0660. The third-order valence-corrected chi connectivity index (χ3v) is 3.50. The molecule has 0 radical (unpaired) electrons. The van der Waals surface area contributed by atoms with Gasteiger partial charge in [-0.25, -0.2) is 0 Å². The van der Waals surface area contributed by atoms with E-state index in [-0.39, 0.29) is 5.91 Å². The zero-order valence-electron chi connectivity index (χ0n) is 11.5. The lowest BCUT2D eigenvalue weighted by Gasteiger charge is -2.27. The van der Waals surface area contributed by atoms with Gasteiger partial charge in [0.15, 0.2) is 0 Å². The Kier molecular flexibility index (Phi) is 5.16. The number of nitrogens with zero attached hydrogens (tertiary/aromatic N) is 1. The fraction of sp³-hybridized carbons (Fsp3) is 0.438. The Balaban J connectivity index is 1.83. The van der Waals surface area contributed by atoms with Gasteiger partial charge < -0.3 is 10.2 Å². The zero-order valence-corrected chi connectivity index (χ0v) is 11.5. The molecule has 1 aliphatic heterocycles. The minimum atomic E-state index is 0.0660. The Labute approximate surface area is 115 Å². The number of rotatable bonds is 4. The van der Waals surface area contributed by atoms with Crippen LogP contribution in [0.4, 0.5) is 0 Å². The summed E-state index contributed by atoms with van der Waals surface area (Å²) in [6, 6.07) is 10.4. The first-order valence-corrected chi connectivity index (χ1v) is 6.97. The lowest BCUT2D eigenvalue weighted by Crippen LogP contribution is -2.43. The minimum absolute atomic E-state index is 0.0660. The minimum Gasteiger partial charge on any atom is -0.341 e. The molecule has 0 bridgehead atoms. The van der Waals surface area contributed by atoms with Crippen molar-refractivity contribution in [3.8, 4) is 0 Å². The molecule has 0 saturated carbocycles. The fourth-order valence-corrected chi connectivity index (χ4v) is 2.36. The van der Waals surface area contributed by atoms with E-state index in [4.69, 9.17) is 0 Å². The monoisotopic (exact) mass is 258 g/mol. The molecule has 1 atom stereocenters. The van der Waals surface area contributed by atoms with Crippen LogP contribution < -0.4 is 5.32 Å². The van der Waals surface area contributed by atoms with Crippen molar-refractivity contribution in [1.29, 1.82) is 0 Å². The lowest BCUT2D eigenvalue weighted by atomic mass is 10.0. The van der Waals surface area contributed by atoms with Gasteiger partial charge in [0.05, 0.1) is 0 Å². The first-order chi connectivity index (χ1) is 9.25. The van der Waals surface area contributed by atoms with Crippen molar-refractivity contribution in [3.05, 3.63) is 42.0 Å². The molecule has 0 aromatic heterocycles. The number of hydrogen-bond donors (Lipinski definition) is 1. The number of benzene rings is 1. The molecular formula is C16H22N2O. The molecular weight excluding hydrogens is 236 g/mol. The molecule has 19 heavy (non-hydrogen) atoms. The zero-order chi connectivity index (χ0) is 13.5. The van der Waals surface area contributed by atoms with Gasteiger partial charge in [-0.15, -0.1) is 0 Å². The van der Waals surface area contributed by atoms with Crippen molar-refractivity contribution in [3.63, 3.8) is 0 Å². The van der Waals surface area contributed by atoms with Crippen molar-refractivity contribution in [1.82, 2.24) is 10.2 Å². The summed E-state index contributed by atoms with van der Waals surface area (Å²) in [7, 11) is 1.87. The summed E-state index contributed by atoms with van der Waals surface area (Å²) in [6.45, 7) is 1.87. The maximum absolute atomic E-state index is 12.0. The Morgan fingerprint density at radius 1 is 1.37 bits per heavy atom. The predicted molar refractivity (Wildman–Crippen MR) is 78.8 cm³/mol. The summed E-state index contributed by atoms with van der Waals surface area (Å²) in [4.78, 5) is 13.8. The van der Waals surface area contributed by atoms with E-state index >= 15 is 0 Å². The van der Waals surface area contributed by atoms with Crippen LogP contribution in [0.2, 0.25) is 0 Å². The van der Waals surface area contributed by atoms with E-state index in [1.54, 1.807) is 11.0 Å². The predicted octanol–water partition coefficient (Wildman–Crippen LogP) is 2.30. The number of carbonyl (C=O) groups is 1. The Bertz CT molecular complexity index is 422. The highest BCUT2D eigenvalue weighted by molar-refractivity contribution is 5.91. The van der Waals surface area contributed by atoms with Gasteiger partial charge in [-0.05, 0) is 31.0 Å². The van der Waals surface area contributed by atoms with Crippen molar-refractivity contribution in [2.24, 2.45) is 0 Å². The number of likely N-dealkylation sites (N-methyl/N-ethyl adjacent to an activating group) is 1. The Morgan fingerprint density at radius 3 is 2.84 bits per heavy atom. The Hall–Kier alpha value is -1.61. The first kappa shape index (κ1) is 13.8. The topological polar surface area (TPSA) is 32.3 Å². The van der Waals surface area contributed by atoms with Crippen LogP contribution >= 0.6 is 0 Å². The van der Waals surface area contributed by atoms with E-state index in [1.807, 2.05) is 43.5 Å². The van der Waals surface area contributed by atoms with Gasteiger partial charge in [-0.2, -0.15) is 0 Å². The Morgan fingerprint density at radius 2 is 2.16 bits per heavy atom. The first-order valence-electron chi connectivity index (χ1n) is 6.97. The molecule has 1 N–H and O–H groups in total. The molecule has 3 heteroatoms. The van der Waals surface area contributed by atoms with Crippen LogP contribution in [0.15, 0.2) is 36.4 Å². The van der Waals surface area contributed by atoms with E-state index in [1.165, 1.54) is 19.3 Å². The van der Waals surface area contributed by atoms with Crippen LogP contribution in [0.5, 0.6) is 0 Å². The molecule has 1 aromatic carbocycles. The third-order valence-electron chi connectivity index (χ3n) is 3.50. The highest BCUT2D eigenvalue weighted by Crippen LogP contribution is 2.08. The number of carbonyl (C=O) groups excluding carboxylic acids is 1. The van der Waals surface area contributed by atoms with Crippen LogP contribution in [0, 0.1) is 0 Å². The van der Waals surface area contributed by atoms with Gasteiger partial charge in [-0.1, -0.05) is 36.8 Å². The van der Waals surface area contributed by atoms with Crippen LogP contribution in [0.3, 0.4) is 0 Å². The summed E-state index contributed by atoms with van der Waals surface area (Å²) < 4.78 is 0. The van der Waals surface area contributed by atoms with Crippen LogP contribution in [-0.4, -0.2) is 37.0 Å². The molecule has 1 aromatic rings. The molecule has 1 aliphatic rings. The standard InChI is InChI=1S/C16H22N2O/c1-18(13-15-9-5-6-12-17-15)16(19)11-10-14-7-3-2-4-8-14/h2-4,7-8,10-11,15,17H,5-6,9,12-13H2,1H3/b11-10+. The SMILES string of the molecule is CN(CC1CCCCN1)C(=O)/C=C/c1ccccc1. The van der Waals surface area contributed by atoms with Crippen LogP contribution in [-0.2, 0) is 4.79 Å². The van der Waals surface area contributed by atoms with E-state index in [0.29, 0.717) is 6.04 Å². The second-order valence-electron chi connectivity index (χ2n) is 5.11. The molecule has 0 spiro atoms. The summed E-state index contributed by atoms with van der Waals surface area (Å²) >= 11 is 0. The van der Waals surface area contributed by atoms with Crippen molar-refractivity contribution in [2.45, 2.75) is 25.3 Å². The number of nitrogens with one attached hydrogen (secondary N) is 1. The highest BCUT2D eigenvalue weighted by atomic mass is 16.2. The fourth-order valence-electron chi connectivity index (χ4n) is 2.36. The second kappa shape index (κ2) is 7.10. The van der Waals surface area contributed by atoms with Gasteiger partial charge in [0.25, 0.3) is 0 Å². The van der Waals surface area contributed by atoms with Crippen molar-refractivity contribution in [2.75, 3.05) is 20.1 Å². The molecule has 0 aliphatic carbocycles. The second-order valence-corrected chi connectivity index (χ2v) is 5.11. The third kappa shape index (κ3) is 4.52. The summed E-state index contributed by atoms with van der Waals surface area (Å²) in [5, 5.41) is 3.46. The molecule has 1 amide bonds. The lowest BCUT2D eigenvalue weighted by molar-refractivity contribution is -0.125. The van der Waals surface area contributed by atoms with E-state index in [2.05, 4.69) is 5.32 Å². The van der Waals surface area contributed by atoms with Crippen molar-refractivity contribution >= 4 is 12.0 Å². The van der Waals surface area contributed by atoms with Gasteiger partial charge in [0, 0.05) is 25.7 Å². The van der Waals surface area contributed by atoms with Gasteiger partial charge in [0.1, 0.15) is 0 Å². The molecule has 3 nitrogen and oxygen atoms in total. The van der Waals surface area contributed by atoms with Gasteiger partial charge in [0.2, 0.25) is 5.91 Å². The van der Waals surface area contributed by atoms with E-state index in [0.717, 1.165) is 18.7 Å². The molecule has 2 rings (SSSR count). The number of amides is 1. The molecule has 1 heterocycles. The van der Waals surface area contributed by atoms with Gasteiger partial charge >= 0.3 is 0 Å². The average molecular weight is 258 g/mol. The van der Waals surface area contributed by atoms with E-state index < -0.39 is 0 Å². The summed E-state index contributed by atoms with van der Waals surface area (Å²) in [5.41, 5.74) is 1.06.